The molecule has 2 atom stereocenters. The van der Waals surface area contributed by atoms with Crippen LogP contribution in [0.25, 0.3) is 0 Å². The zero-order valence-electron chi connectivity index (χ0n) is 22.5. The van der Waals surface area contributed by atoms with Crippen molar-refractivity contribution in [3.63, 3.8) is 0 Å². The molecule has 2 rings (SSSR count). The van der Waals surface area contributed by atoms with Gasteiger partial charge in [0.2, 0.25) is 21.8 Å². The number of sulfonamides is 1. The van der Waals surface area contributed by atoms with Gasteiger partial charge in [0.15, 0.2) is 0 Å². The second-order valence-electron chi connectivity index (χ2n) is 9.48. The number of amides is 2. The first-order valence-corrected chi connectivity index (χ1v) is 14.5. The van der Waals surface area contributed by atoms with Gasteiger partial charge < -0.3 is 10.2 Å². The third-order valence-corrected chi connectivity index (χ3v) is 7.54. The molecule has 36 heavy (non-hydrogen) atoms. The summed E-state index contributed by atoms with van der Waals surface area (Å²) in [5, 5.41) is 3.01. The second-order valence-corrected chi connectivity index (χ2v) is 11.4. The Morgan fingerprint density at radius 2 is 1.69 bits per heavy atom. The monoisotopic (exact) mass is 515 g/mol. The molecule has 7 nitrogen and oxygen atoms in total. The average Bonchev–Trinajstić information content (AvgIpc) is 2.81. The zero-order chi connectivity index (χ0) is 26.9. The molecule has 0 unspecified atom stereocenters. The first kappa shape index (κ1) is 29.4. The molecule has 2 aromatic rings. The predicted octanol–water partition coefficient (Wildman–Crippen LogP) is 4.57. The fourth-order valence-corrected chi connectivity index (χ4v) is 5.22. The number of nitrogens with zero attached hydrogens (tertiary/aromatic N) is 2. The van der Waals surface area contributed by atoms with Crippen LogP contribution in [0.1, 0.15) is 63.1 Å². The lowest BCUT2D eigenvalue weighted by atomic mass is 10.1. The topological polar surface area (TPSA) is 86.8 Å². The van der Waals surface area contributed by atoms with E-state index in [9.17, 15) is 18.0 Å². The smallest absolute Gasteiger partial charge is 0.243 e. The Labute approximate surface area is 216 Å². The Bertz CT molecular complexity index is 1130. The van der Waals surface area contributed by atoms with Crippen LogP contribution in [0.3, 0.4) is 0 Å². The highest BCUT2D eigenvalue weighted by atomic mass is 32.2. The summed E-state index contributed by atoms with van der Waals surface area (Å²) in [5.74, 6) is -0.327. The molecule has 1 N–H and O–H groups in total. The summed E-state index contributed by atoms with van der Waals surface area (Å²) in [4.78, 5) is 28.2. The first-order valence-electron chi connectivity index (χ1n) is 12.7. The first-order chi connectivity index (χ1) is 17.0. The highest BCUT2D eigenvalue weighted by Crippen LogP contribution is 2.23. The number of rotatable bonds is 13. The fraction of sp³-hybridized carbons (Fsp3) is 0.500. The second kappa shape index (κ2) is 13.4. The van der Waals surface area contributed by atoms with Crippen molar-refractivity contribution in [2.24, 2.45) is 0 Å². The molecular weight excluding hydrogens is 474 g/mol. The van der Waals surface area contributed by atoms with Crippen LogP contribution in [0.2, 0.25) is 0 Å². The number of aryl methyl sites for hydroxylation is 2. The molecular formula is C28H41N3O4S. The highest BCUT2D eigenvalue weighted by molar-refractivity contribution is 7.92. The van der Waals surface area contributed by atoms with Crippen LogP contribution >= 0.6 is 0 Å². The normalized spacial score (nSPS) is 13.1. The number of carbonyl (C=O) groups is 2. The lowest BCUT2D eigenvalue weighted by Gasteiger charge is -2.32. The Kier molecular flexibility index (Phi) is 11.0. The summed E-state index contributed by atoms with van der Waals surface area (Å²) in [6.45, 7) is 10.2. The zero-order valence-corrected chi connectivity index (χ0v) is 23.3. The third kappa shape index (κ3) is 8.36. The summed E-state index contributed by atoms with van der Waals surface area (Å²) in [7, 11) is -3.52. The third-order valence-electron chi connectivity index (χ3n) is 6.36. The van der Waals surface area contributed by atoms with Crippen LogP contribution in [-0.4, -0.2) is 50.0 Å². The van der Waals surface area contributed by atoms with Crippen LogP contribution in [0.5, 0.6) is 0 Å². The van der Waals surface area contributed by atoms with Gasteiger partial charge in [0.25, 0.3) is 0 Å². The minimum absolute atomic E-state index is 0.0138. The molecule has 0 spiro atoms. The molecule has 198 valence electrons. The van der Waals surface area contributed by atoms with Crippen LogP contribution in [-0.2, 0) is 26.2 Å². The largest absolute Gasteiger partial charge is 0.352 e. The van der Waals surface area contributed by atoms with Crippen LogP contribution in [0.4, 0.5) is 5.69 Å². The van der Waals surface area contributed by atoms with Gasteiger partial charge in [-0.25, -0.2) is 8.42 Å². The van der Waals surface area contributed by atoms with Gasteiger partial charge in [-0.05, 0) is 57.2 Å². The Hall–Kier alpha value is -2.87. The van der Waals surface area contributed by atoms with Gasteiger partial charge in [0, 0.05) is 25.6 Å². The molecule has 0 aliphatic carbocycles. The van der Waals surface area contributed by atoms with E-state index in [1.54, 1.807) is 17.0 Å². The summed E-state index contributed by atoms with van der Waals surface area (Å²) < 4.78 is 26.4. The highest BCUT2D eigenvalue weighted by Gasteiger charge is 2.29. The van der Waals surface area contributed by atoms with E-state index in [-0.39, 0.29) is 30.8 Å². The van der Waals surface area contributed by atoms with Gasteiger partial charge in [0.1, 0.15) is 6.04 Å². The summed E-state index contributed by atoms with van der Waals surface area (Å²) in [6.07, 6.45) is 2.94. The summed E-state index contributed by atoms with van der Waals surface area (Å²) >= 11 is 0. The van der Waals surface area contributed by atoms with Gasteiger partial charge in [-0.3, -0.25) is 13.9 Å². The van der Waals surface area contributed by atoms with Gasteiger partial charge in [-0.1, -0.05) is 61.9 Å². The number of anilines is 1. The molecule has 0 heterocycles. The fourth-order valence-electron chi connectivity index (χ4n) is 4.19. The lowest BCUT2D eigenvalue weighted by molar-refractivity contribution is -0.141. The molecule has 0 bridgehead atoms. The Morgan fingerprint density at radius 3 is 2.28 bits per heavy atom. The standard InChI is InChI=1S/C28H41N3O4S/c1-7-23(5)29-28(33)25(8-2)30(20-24-15-11-13-21(3)19-24)27(32)17-12-18-31(36(6,34)35)26-16-10-9-14-22(26)4/h9-11,13-16,19,23,25H,7-8,12,17-18,20H2,1-6H3,(H,29,33)/t23-,25+/m0/s1. The minimum atomic E-state index is -3.52. The number of hydrogen-bond donors (Lipinski definition) is 1. The summed E-state index contributed by atoms with van der Waals surface area (Å²) in [6, 6.07) is 14.6. The molecule has 0 fully saturated rings. The van der Waals surface area contributed by atoms with Crippen molar-refractivity contribution >= 4 is 27.5 Å². The summed E-state index contributed by atoms with van der Waals surface area (Å²) in [5.41, 5.74) is 3.50. The number of benzene rings is 2. The van der Waals surface area contributed by atoms with Gasteiger partial charge >= 0.3 is 0 Å². The van der Waals surface area contributed by atoms with Crippen molar-refractivity contribution in [1.29, 1.82) is 0 Å². The van der Waals surface area contributed by atoms with Crippen LogP contribution in [0, 0.1) is 13.8 Å². The SMILES string of the molecule is CC[C@H](C(=O)N[C@@H](C)CC)N(Cc1cccc(C)c1)C(=O)CCCN(c1ccccc1C)S(C)(=O)=O. The van der Waals surface area contributed by atoms with E-state index in [0.29, 0.717) is 25.1 Å². The predicted molar refractivity (Wildman–Crippen MR) is 146 cm³/mol. The number of nitrogens with one attached hydrogen (secondary N) is 1. The van der Waals surface area contributed by atoms with Gasteiger partial charge in [-0.2, -0.15) is 0 Å². The Balaban J connectivity index is 2.24. The van der Waals surface area contributed by atoms with E-state index < -0.39 is 16.1 Å². The maximum Gasteiger partial charge on any atom is 0.243 e. The van der Waals surface area contributed by atoms with E-state index in [1.165, 1.54) is 10.6 Å². The van der Waals surface area contributed by atoms with E-state index in [4.69, 9.17) is 0 Å². The Morgan fingerprint density at radius 1 is 1.00 bits per heavy atom. The molecule has 2 amide bonds. The average molecular weight is 516 g/mol. The van der Waals surface area contributed by atoms with Crippen molar-refractivity contribution in [3.8, 4) is 0 Å². The van der Waals surface area contributed by atoms with E-state index in [0.717, 1.165) is 23.1 Å². The number of carbonyl (C=O) groups excluding carboxylic acids is 2. The van der Waals surface area contributed by atoms with Gasteiger partial charge in [0.05, 0.1) is 11.9 Å². The van der Waals surface area contributed by atoms with Crippen molar-refractivity contribution in [2.45, 2.75) is 78.9 Å². The maximum absolute atomic E-state index is 13.5. The molecule has 2 aromatic carbocycles. The van der Waals surface area contributed by atoms with Crippen molar-refractivity contribution in [1.82, 2.24) is 10.2 Å². The quantitative estimate of drug-likeness (QED) is 0.423. The lowest BCUT2D eigenvalue weighted by Crippen LogP contribution is -2.50. The van der Waals surface area contributed by atoms with Crippen molar-refractivity contribution < 1.29 is 18.0 Å². The van der Waals surface area contributed by atoms with Gasteiger partial charge in [-0.15, -0.1) is 0 Å². The number of hydrogen-bond acceptors (Lipinski definition) is 4. The van der Waals surface area contributed by atoms with Crippen molar-refractivity contribution in [3.05, 3.63) is 65.2 Å². The van der Waals surface area contributed by atoms with E-state index in [1.807, 2.05) is 71.0 Å². The van der Waals surface area contributed by atoms with Crippen molar-refractivity contribution in [2.75, 3.05) is 17.1 Å². The van der Waals surface area contributed by atoms with E-state index >= 15 is 0 Å². The number of para-hydroxylation sites is 1. The molecule has 0 aliphatic rings. The molecule has 0 saturated heterocycles. The van der Waals surface area contributed by atoms with Crippen LogP contribution < -0.4 is 9.62 Å². The minimum Gasteiger partial charge on any atom is -0.352 e. The molecule has 0 aliphatic heterocycles. The van der Waals surface area contributed by atoms with E-state index in [2.05, 4.69) is 5.32 Å². The molecule has 0 aromatic heterocycles. The molecule has 8 heteroatoms. The maximum atomic E-state index is 13.5. The van der Waals surface area contributed by atoms with Crippen LogP contribution in [0.15, 0.2) is 48.5 Å². The molecule has 0 radical (unpaired) electrons. The molecule has 0 saturated carbocycles.